The van der Waals surface area contributed by atoms with Crippen LogP contribution in [-0.2, 0) is 13.0 Å². The Bertz CT molecular complexity index is 636. The van der Waals surface area contributed by atoms with E-state index in [2.05, 4.69) is 29.2 Å². The molecule has 0 radical (unpaired) electrons. The molecule has 1 heterocycles. The Balaban J connectivity index is 1.70. The molecule has 0 fully saturated rings. The summed E-state index contributed by atoms with van der Waals surface area (Å²) in [5.41, 5.74) is 3.50. The van der Waals surface area contributed by atoms with E-state index in [1.54, 1.807) is 24.3 Å². The van der Waals surface area contributed by atoms with Gasteiger partial charge in [0.1, 0.15) is 0 Å². The molecule has 0 bridgehead atoms. The number of hydrogen-bond donors (Lipinski definition) is 0. The number of carbonyl (C=O) groups excluding carboxylic acids is 1. The zero-order valence-electron chi connectivity index (χ0n) is 11.9. The highest BCUT2D eigenvalue weighted by molar-refractivity contribution is 6.30. The summed E-state index contributed by atoms with van der Waals surface area (Å²) < 4.78 is 0. The molecule has 0 spiro atoms. The molecule has 0 saturated carbocycles. The van der Waals surface area contributed by atoms with Crippen LogP contribution in [0.4, 0.5) is 0 Å². The Morgan fingerprint density at radius 2 is 1.76 bits per heavy atom. The van der Waals surface area contributed by atoms with Crippen molar-refractivity contribution in [2.75, 3.05) is 13.1 Å². The van der Waals surface area contributed by atoms with E-state index in [-0.39, 0.29) is 5.78 Å². The molecule has 2 aromatic carbocycles. The number of hydrogen-bond acceptors (Lipinski definition) is 2. The summed E-state index contributed by atoms with van der Waals surface area (Å²) in [5.74, 6) is 0.158. The normalized spacial score (nSPS) is 15.3. The van der Waals surface area contributed by atoms with E-state index in [9.17, 15) is 4.79 Å². The summed E-state index contributed by atoms with van der Waals surface area (Å²) in [4.78, 5) is 14.6. The zero-order valence-corrected chi connectivity index (χ0v) is 12.6. The number of Topliss-reactive ketones (excluding diaryl/α,β-unsaturated/α-hetero) is 1. The first-order valence-electron chi connectivity index (χ1n) is 7.30. The van der Waals surface area contributed by atoms with Gasteiger partial charge in [-0.15, -0.1) is 0 Å². The summed E-state index contributed by atoms with van der Waals surface area (Å²) in [7, 11) is 0. The molecule has 21 heavy (non-hydrogen) atoms. The fourth-order valence-corrected chi connectivity index (χ4v) is 2.96. The van der Waals surface area contributed by atoms with Crippen LogP contribution >= 0.6 is 11.6 Å². The van der Waals surface area contributed by atoms with E-state index in [0.29, 0.717) is 11.6 Å². The summed E-state index contributed by atoms with van der Waals surface area (Å²) in [6, 6.07) is 15.7. The highest BCUT2D eigenvalue weighted by Crippen LogP contribution is 2.19. The number of fused-ring (bicyclic) bond motifs is 1. The number of halogens is 1. The molecular weight excluding hydrogens is 282 g/mol. The molecule has 0 saturated heterocycles. The smallest absolute Gasteiger partial charge is 0.176 e. The van der Waals surface area contributed by atoms with Crippen molar-refractivity contribution >= 4 is 17.4 Å². The number of nitrogens with zero attached hydrogens (tertiary/aromatic N) is 1. The number of benzene rings is 2. The van der Waals surface area contributed by atoms with Gasteiger partial charge in [0.15, 0.2) is 5.78 Å². The van der Waals surface area contributed by atoms with Gasteiger partial charge in [-0.3, -0.25) is 9.69 Å². The lowest BCUT2D eigenvalue weighted by Gasteiger charge is -2.19. The summed E-state index contributed by atoms with van der Waals surface area (Å²) in [6.07, 6.45) is 2.20. The fourth-order valence-electron chi connectivity index (χ4n) is 2.83. The van der Waals surface area contributed by atoms with Crippen LogP contribution in [-0.4, -0.2) is 23.8 Å². The monoisotopic (exact) mass is 299 g/mol. The summed E-state index contributed by atoms with van der Waals surface area (Å²) in [5, 5.41) is 0.662. The number of ketones is 1. The topological polar surface area (TPSA) is 20.3 Å². The number of rotatable bonds is 3. The molecule has 0 N–H and O–H groups in total. The lowest BCUT2D eigenvalue weighted by Crippen LogP contribution is -2.29. The van der Waals surface area contributed by atoms with E-state index in [1.165, 1.54) is 11.1 Å². The highest BCUT2D eigenvalue weighted by atomic mass is 35.5. The first kappa shape index (κ1) is 14.3. The van der Waals surface area contributed by atoms with Crippen molar-refractivity contribution in [1.29, 1.82) is 0 Å². The van der Waals surface area contributed by atoms with Crippen LogP contribution in [0.2, 0.25) is 5.02 Å². The van der Waals surface area contributed by atoms with Crippen molar-refractivity contribution in [2.24, 2.45) is 0 Å². The molecule has 3 heteroatoms. The average molecular weight is 300 g/mol. The Kier molecular flexibility index (Phi) is 4.37. The second-order valence-electron chi connectivity index (χ2n) is 5.51. The predicted molar refractivity (Wildman–Crippen MR) is 85.8 cm³/mol. The minimum Gasteiger partial charge on any atom is -0.293 e. The van der Waals surface area contributed by atoms with Crippen molar-refractivity contribution in [1.82, 2.24) is 4.90 Å². The number of aryl methyl sites for hydroxylation is 1. The molecule has 3 rings (SSSR count). The number of carbonyl (C=O) groups is 1. The summed E-state index contributed by atoms with van der Waals surface area (Å²) in [6.45, 7) is 2.29. The van der Waals surface area contributed by atoms with Gasteiger partial charge in [-0.1, -0.05) is 35.9 Å². The maximum absolute atomic E-state index is 12.4. The Morgan fingerprint density at radius 1 is 1.05 bits per heavy atom. The molecule has 2 nitrogen and oxygen atoms in total. The predicted octanol–water partition coefficient (Wildman–Crippen LogP) is 3.97. The van der Waals surface area contributed by atoms with Gasteiger partial charge in [0, 0.05) is 17.1 Å². The van der Waals surface area contributed by atoms with Gasteiger partial charge in [0.2, 0.25) is 0 Å². The van der Waals surface area contributed by atoms with Crippen molar-refractivity contribution < 1.29 is 4.79 Å². The van der Waals surface area contributed by atoms with Crippen LogP contribution in [0.1, 0.15) is 27.9 Å². The SMILES string of the molecule is O=C(CN1CCCc2ccccc2C1)c1ccc(Cl)cc1. The van der Waals surface area contributed by atoms with Gasteiger partial charge in [-0.2, -0.15) is 0 Å². The van der Waals surface area contributed by atoms with Crippen molar-refractivity contribution in [3.8, 4) is 0 Å². The quantitative estimate of drug-likeness (QED) is 0.799. The second kappa shape index (κ2) is 6.42. The molecule has 0 aliphatic carbocycles. The Morgan fingerprint density at radius 3 is 2.52 bits per heavy atom. The van der Waals surface area contributed by atoms with Crippen LogP contribution < -0.4 is 0 Å². The second-order valence-corrected chi connectivity index (χ2v) is 5.95. The van der Waals surface area contributed by atoms with Gasteiger partial charge in [0.25, 0.3) is 0 Å². The van der Waals surface area contributed by atoms with Gasteiger partial charge in [-0.05, 0) is 54.8 Å². The molecule has 1 aliphatic heterocycles. The molecule has 1 aliphatic rings. The molecule has 0 unspecified atom stereocenters. The van der Waals surface area contributed by atoms with E-state index < -0.39 is 0 Å². The van der Waals surface area contributed by atoms with Gasteiger partial charge >= 0.3 is 0 Å². The average Bonchev–Trinajstić information content (AvgIpc) is 2.69. The van der Waals surface area contributed by atoms with Crippen LogP contribution in [0.25, 0.3) is 0 Å². The Hall–Kier alpha value is -1.64. The first-order chi connectivity index (χ1) is 10.2. The standard InChI is InChI=1S/C18H18ClNO/c19-17-9-7-15(8-10-17)18(21)13-20-11-3-6-14-4-1-2-5-16(14)12-20/h1-2,4-5,7-10H,3,6,11-13H2. The minimum atomic E-state index is 0.158. The zero-order chi connectivity index (χ0) is 14.7. The van der Waals surface area contributed by atoms with E-state index in [4.69, 9.17) is 11.6 Å². The van der Waals surface area contributed by atoms with Crippen molar-refractivity contribution in [2.45, 2.75) is 19.4 Å². The van der Waals surface area contributed by atoms with Crippen LogP contribution in [0.15, 0.2) is 48.5 Å². The van der Waals surface area contributed by atoms with Gasteiger partial charge in [0.05, 0.1) is 6.54 Å². The Labute approximate surface area is 130 Å². The third-order valence-corrected chi connectivity index (χ3v) is 4.22. The van der Waals surface area contributed by atoms with Gasteiger partial charge in [-0.25, -0.2) is 0 Å². The van der Waals surface area contributed by atoms with Crippen LogP contribution in [0, 0.1) is 0 Å². The largest absolute Gasteiger partial charge is 0.293 e. The van der Waals surface area contributed by atoms with Crippen molar-refractivity contribution in [3.63, 3.8) is 0 Å². The van der Waals surface area contributed by atoms with Crippen LogP contribution in [0.5, 0.6) is 0 Å². The first-order valence-corrected chi connectivity index (χ1v) is 7.68. The maximum Gasteiger partial charge on any atom is 0.176 e. The molecule has 0 aromatic heterocycles. The molecule has 108 valence electrons. The third kappa shape index (κ3) is 3.52. The maximum atomic E-state index is 12.4. The fraction of sp³-hybridized carbons (Fsp3) is 0.278. The molecular formula is C18H18ClNO. The third-order valence-electron chi connectivity index (χ3n) is 3.97. The minimum absolute atomic E-state index is 0.158. The lowest BCUT2D eigenvalue weighted by atomic mass is 10.0. The lowest BCUT2D eigenvalue weighted by molar-refractivity contribution is 0.0927. The van der Waals surface area contributed by atoms with Gasteiger partial charge < -0.3 is 0 Å². The molecule has 2 aromatic rings. The van der Waals surface area contributed by atoms with E-state index >= 15 is 0 Å². The van der Waals surface area contributed by atoms with E-state index in [1.807, 2.05) is 0 Å². The molecule has 0 atom stereocenters. The summed E-state index contributed by atoms with van der Waals surface area (Å²) >= 11 is 5.86. The van der Waals surface area contributed by atoms with Crippen LogP contribution in [0.3, 0.4) is 0 Å². The molecule has 0 amide bonds. The van der Waals surface area contributed by atoms with Crippen molar-refractivity contribution in [3.05, 3.63) is 70.2 Å². The van der Waals surface area contributed by atoms with E-state index in [0.717, 1.165) is 31.5 Å². The highest BCUT2D eigenvalue weighted by Gasteiger charge is 2.17.